The third-order valence-corrected chi connectivity index (χ3v) is 5.55. The number of nitrogens with zero attached hydrogens (tertiary/aromatic N) is 3. The van der Waals surface area contributed by atoms with Gasteiger partial charge in [0.25, 0.3) is 0 Å². The molecule has 2 aromatic carbocycles. The average Bonchev–Trinajstić information content (AvgIpc) is 3.12. The molecule has 5 nitrogen and oxygen atoms in total. The molecule has 1 saturated heterocycles. The number of ether oxygens (including phenoxy) is 1. The molecule has 1 amide bonds. The molecule has 3 aromatic rings. The summed E-state index contributed by atoms with van der Waals surface area (Å²) in [4.78, 5) is 14.1. The monoisotopic (exact) mass is 413 g/mol. The molecule has 134 valence electrons. The van der Waals surface area contributed by atoms with Crippen molar-refractivity contribution < 1.29 is 9.53 Å². The number of hydrogen-bond acceptors (Lipinski definition) is 3. The van der Waals surface area contributed by atoms with E-state index < -0.39 is 0 Å². The summed E-state index contributed by atoms with van der Waals surface area (Å²) in [6.45, 7) is 1.69. The Morgan fingerprint density at radius 1 is 1.12 bits per heavy atom. The van der Waals surface area contributed by atoms with E-state index in [1.54, 1.807) is 4.90 Å². The van der Waals surface area contributed by atoms with Crippen LogP contribution in [0, 0.1) is 0 Å². The highest BCUT2D eigenvalue weighted by Gasteiger charge is 2.26. The van der Waals surface area contributed by atoms with Crippen LogP contribution in [0.15, 0.2) is 59.2 Å². The normalized spacial score (nSPS) is 15.3. The van der Waals surface area contributed by atoms with Crippen LogP contribution in [0.2, 0.25) is 0 Å². The van der Waals surface area contributed by atoms with Crippen molar-refractivity contribution in [3.05, 3.63) is 64.8 Å². The standard InChI is InChI=1S/C20H20BrN3O2/c21-18-7-4-8-19-17(18)13-22-24(19)16-9-11-23(12-10-16)20(25)26-14-15-5-2-1-3-6-15/h1-8,13,16H,9-12,14H2. The van der Waals surface area contributed by atoms with Gasteiger partial charge in [-0.2, -0.15) is 5.10 Å². The molecule has 0 bridgehead atoms. The topological polar surface area (TPSA) is 47.4 Å². The maximum atomic E-state index is 12.3. The fourth-order valence-electron chi connectivity index (χ4n) is 3.43. The predicted molar refractivity (Wildman–Crippen MR) is 104 cm³/mol. The SMILES string of the molecule is O=C(OCc1ccccc1)N1CCC(n2ncc3c(Br)cccc32)CC1. The molecule has 0 N–H and O–H groups in total. The van der Waals surface area contributed by atoms with E-state index in [2.05, 4.69) is 31.8 Å². The molecule has 4 rings (SSSR count). The maximum absolute atomic E-state index is 12.3. The zero-order chi connectivity index (χ0) is 17.9. The van der Waals surface area contributed by atoms with Gasteiger partial charge in [-0.1, -0.05) is 52.3 Å². The first-order valence-corrected chi connectivity index (χ1v) is 9.59. The Morgan fingerprint density at radius 2 is 1.88 bits per heavy atom. The first-order valence-electron chi connectivity index (χ1n) is 8.80. The van der Waals surface area contributed by atoms with E-state index in [1.165, 1.54) is 0 Å². The predicted octanol–water partition coefficient (Wildman–Crippen LogP) is 4.77. The smallest absolute Gasteiger partial charge is 0.410 e. The van der Waals surface area contributed by atoms with Crippen molar-refractivity contribution in [2.75, 3.05) is 13.1 Å². The molecule has 1 fully saturated rings. The van der Waals surface area contributed by atoms with E-state index in [1.807, 2.05) is 48.7 Å². The third-order valence-electron chi connectivity index (χ3n) is 4.86. The molecule has 1 aromatic heterocycles. The second kappa shape index (κ2) is 7.50. The van der Waals surface area contributed by atoms with Gasteiger partial charge in [0.15, 0.2) is 0 Å². The lowest BCUT2D eigenvalue weighted by Crippen LogP contribution is -2.39. The number of likely N-dealkylation sites (tertiary alicyclic amines) is 1. The summed E-state index contributed by atoms with van der Waals surface area (Å²) < 4.78 is 8.59. The number of carbonyl (C=O) groups excluding carboxylic acids is 1. The van der Waals surface area contributed by atoms with Crippen molar-refractivity contribution in [2.24, 2.45) is 0 Å². The fourth-order valence-corrected chi connectivity index (χ4v) is 3.89. The van der Waals surface area contributed by atoms with Crippen molar-refractivity contribution in [1.82, 2.24) is 14.7 Å². The van der Waals surface area contributed by atoms with Gasteiger partial charge in [-0.15, -0.1) is 0 Å². The first-order chi connectivity index (χ1) is 12.7. The van der Waals surface area contributed by atoms with E-state index in [4.69, 9.17) is 4.74 Å². The van der Waals surface area contributed by atoms with Gasteiger partial charge in [-0.3, -0.25) is 4.68 Å². The van der Waals surface area contributed by atoms with Crippen molar-refractivity contribution >= 4 is 32.9 Å². The van der Waals surface area contributed by atoms with Crippen LogP contribution < -0.4 is 0 Å². The number of aromatic nitrogens is 2. The molecule has 1 aliphatic heterocycles. The summed E-state index contributed by atoms with van der Waals surface area (Å²) in [6, 6.07) is 16.2. The Bertz CT molecular complexity index is 902. The average molecular weight is 414 g/mol. The molecule has 1 aliphatic rings. The minimum atomic E-state index is -0.236. The summed E-state index contributed by atoms with van der Waals surface area (Å²) in [7, 11) is 0. The zero-order valence-corrected chi connectivity index (χ0v) is 15.9. The number of benzene rings is 2. The second-order valence-corrected chi connectivity index (χ2v) is 7.37. The summed E-state index contributed by atoms with van der Waals surface area (Å²) in [6.07, 6.45) is 3.42. The molecule has 0 radical (unpaired) electrons. The summed E-state index contributed by atoms with van der Waals surface area (Å²) in [5.74, 6) is 0. The Kier molecular flexibility index (Phi) is 4.93. The number of fused-ring (bicyclic) bond motifs is 1. The first kappa shape index (κ1) is 17.1. The largest absolute Gasteiger partial charge is 0.445 e. The Morgan fingerprint density at radius 3 is 2.65 bits per heavy atom. The van der Waals surface area contributed by atoms with E-state index in [0.29, 0.717) is 25.7 Å². The maximum Gasteiger partial charge on any atom is 0.410 e. The molecule has 0 atom stereocenters. The van der Waals surface area contributed by atoms with Crippen molar-refractivity contribution in [2.45, 2.75) is 25.5 Å². The van der Waals surface area contributed by atoms with Gasteiger partial charge in [0.2, 0.25) is 0 Å². The van der Waals surface area contributed by atoms with Gasteiger partial charge in [-0.25, -0.2) is 4.79 Å². The van der Waals surface area contributed by atoms with Gasteiger partial charge in [0.1, 0.15) is 6.61 Å². The van der Waals surface area contributed by atoms with Gasteiger partial charge < -0.3 is 9.64 Å². The molecule has 0 unspecified atom stereocenters. The van der Waals surface area contributed by atoms with E-state index >= 15 is 0 Å². The number of carbonyl (C=O) groups is 1. The summed E-state index contributed by atoms with van der Waals surface area (Å²) in [5.41, 5.74) is 2.13. The Labute approximate surface area is 160 Å². The van der Waals surface area contributed by atoms with E-state index in [0.717, 1.165) is 33.8 Å². The summed E-state index contributed by atoms with van der Waals surface area (Å²) >= 11 is 3.58. The van der Waals surface area contributed by atoms with Crippen LogP contribution in [0.5, 0.6) is 0 Å². The van der Waals surface area contributed by atoms with Crippen molar-refractivity contribution in [3.63, 3.8) is 0 Å². The molecular weight excluding hydrogens is 394 g/mol. The molecule has 6 heteroatoms. The zero-order valence-electron chi connectivity index (χ0n) is 14.3. The highest BCUT2D eigenvalue weighted by molar-refractivity contribution is 9.10. The van der Waals surface area contributed by atoms with Crippen LogP contribution in [0.4, 0.5) is 4.79 Å². The second-order valence-electron chi connectivity index (χ2n) is 6.52. The lowest BCUT2D eigenvalue weighted by molar-refractivity contribution is 0.0825. The fraction of sp³-hybridized carbons (Fsp3) is 0.300. The number of rotatable bonds is 3. The van der Waals surface area contributed by atoms with Crippen molar-refractivity contribution in [1.29, 1.82) is 0 Å². The van der Waals surface area contributed by atoms with Crippen LogP contribution in [0.3, 0.4) is 0 Å². The van der Waals surface area contributed by atoms with Crippen LogP contribution in [0.1, 0.15) is 24.4 Å². The van der Waals surface area contributed by atoms with E-state index in [9.17, 15) is 4.79 Å². The van der Waals surface area contributed by atoms with Crippen LogP contribution in [-0.2, 0) is 11.3 Å². The molecule has 2 heterocycles. The number of amides is 1. The van der Waals surface area contributed by atoms with Crippen LogP contribution in [0.25, 0.3) is 10.9 Å². The summed E-state index contributed by atoms with van der Waals surface area (Å²) in [5, 5.41) is 5.70. The minimum absolute atomic E-state index is 0.236. The minimum Gasteiger partial charge on any atom is -0.445 e. The Balaban J connectivity index is 1.36. The van der Waals surface area contributed by atoms with Gasteiger partial charge in [0, 0.05) is 22.9 Å². The number of piperidine rings is 1. The van der Waals surface area contributed by atoms with Gasteiger partial charge in [-0.05, 0) is 30.5 Å². The molecule has 0 spiro atoms. The van der Waals surface area contributed by atoms with Gasteiger partial charge >= 0.3 is 6.09 Å². The molecule has 26 heavy (non-hydrogen) atoms. The molecular formula is C20H20BrN3O2. The van der Waals surface area contributed by atoms with Crippen molar-refractivity contribution in [3.8, 4) is 0 Å². The molecule has 0 saturated carbocycles. The number of halogens is 1. The number of hydrogen-bond donors (Lipinski definition) is 0. The third kappa shape index (κ3) is 3.46. The lowest BCUT2D eigenvalue weighted by Gasteiger charge is -2.31. The van der Waals surface area contributed by atoms with Crippen LogP contribution in [-0.4, -0.2) is 33.9 Å². The van der Waals surface area contributed by atoms with E-state index in [-0.39, 0.29) is 6.09 Å². The van der Waals surface area contributed by atoms with Crippen LogP contribution >= 0.6 is 15.9 Å². The molecule has 0 aliphatic carbocycles. The highest BCUT2D eigenvalue weighted by atomic mass is 79.9. The Hall–Kier alpha value is -2.34. The highest BCUT2D eigenvalue weighted by Crippen LogP contribution is 2.29. The quantitative estimate of drug-likeness (QED) is 0.620. The lowest BCUT2D eigenvalue weighted by atomic mass is 10.1. The van der Waals surface area contributed by atoms with Gasteiger partial charge in [0.05, 0.1) is 17.8 Å².